The number of hydrogen-bond donors (Lipinski definition) is 1. The molecule has 19 heavy (non-hydrogen) atoms. The Morgan fingerprint density at radius 2 is 1.63 bits per heavy atom. The summed E-state index contributed by atoms with van der Waals surface area (Å²) in [5.41, 5.74) is -1.19. The van der Waals surface area contributed by atoms with Gasteiger partial charge in [-0.05, 0) is 18.2 Å². The van der Waals surface area contributed by atoms with Crippen LogP contribution in [0, 0.1) is 17.5 Å². The molecule has 0 amide bonds. The van der Waals surface area contributed by atoms with Crippen molar-refractivity contribution in [1.82, 2.24) is 0 Å². The zero-order valence-electron chi connectivity index (χ0n) is 9.25. The third-order valence-electron chi connectivity index (χ3n) is 2.49. The molecule has 2 rings (SSSR count). The van der Waals surface area contributed by atoms with Gasteiger partial charge in [0.1, 0.15) is 17.5 Å². The zero-order chi connectivity index (χ0) is 14.2. The van der Waals surface area contributed by atoms with Crippen LogP contribution in [0.3, 0.4) is 0 Å². The van der Waals surface area contributed by atoms with E-state index in [-0.39, 0.29) is 16.1 Å². The van der Waals surface area contributed by atoms with Gasteiger partial charge in [-0.15, -0.1) is 0 Å². The SMILES string of the molecule is O=C(O)c1ccc(Cl)cc1-c1c(F)cc(F)cc1F. The van der Waals surface area contributed by atoms with Crippen molar-refractivity contribution < 1.29 is 23.1 Å². The molecule has 6 heteroatoms. The highest BCUT2D eigenvalue weighted by Crippen LogP contribution is 2.32. The maximum atomic E-state index is 13.7. The summed E-state index contributed by atoms with van der Waals surface area (Å²) in [6.07, 6.45) is 0. The average molecular weight is 287 g/mol. The second-order valence-electron chi connectivity index (χ2n) is 3.74. The van der Waals surface area contributed by atoms with Crippen molar-refractivity contribution in [2.45, 2.75) is 0 Å². The first-order valence-corrected chi connectivity index (χ1v) is 5.45. The van der Waals surface area contributed by atoms with Crippen molar-refractivity contribution in [3.8, 4) is 11.1 Å². The predicted octanol–water partition coefficient (Wildman–Crippen LogP) is 4.12. The van der Waals surface area contributed by atoms with Gasteiger partial charge in [0.2, 0.25) is 0 Å². The highest BCUT2D eigenvalue weighted by atomic mass is 35.5. The Bertz CT molecular complexity index is 648. The zero-order valence-corrected chi connectivity index (χ0v) is 10.0. The number of rotatable bonds is 2. The van der Waals surface area contributed by atoms with E-state index in [0.29, 0.717) is 12.1 Å². The molecule has 0 aliphatic carbocycles. The first-order valence-electron chi connectivity index (χ1n) is 5.08. The number of aromatic carboxylic acids is 1. The highest BCUT2D eigenvalue weighted by molar-refractivity contribution is 6.31. The van der Waals surface area contributed by atoms with Crippen LogP contribution in [-0.4, -0.2) is 11.1 Å². The molecule has 0 spiro atoms. The fourth-order valence-electron chi connectivity index (χ4n) is 1.71. The van der Waals surface area contributed by atoms with Crippen LogP contribution in [0.4, 0.5) is 13.2 Å². The molecule has 98 valence electrons. The van der Waals surface area contributed by atoms with Crippen LogP contribution in [0.1, 0.15) is 10.4 Å². The molecule has 0 atom stereocenters. The summed E-state index contributed by atoms with van der Waals surface area (Å²) in [4.78, 5) is 11.0. The number of hydrogen-bond acceptors (Lipinski definition) is 1. The Balaban J connectivity index is 2.78. The van der Waals surface area contributed by atoms with Gasteiger partial charge >= 0.3 is 5.97 Å². The normalized spacial score (nSPS) is 10.5. The van der Waals surface area contributed by atoms with Crippen LogP contribution in [0.5, 0.6) is 0 Å². The van der Waals surface area contributed by atoms with Crippen molar-refractivity contribution in [2.75, 3.05) is 0 Å². The Kier molecular flexibility index (Phi) is 3.48. The number of benzene rings is 2. The Morgan fingerprint density at radius 3 is 2.16 bits per heavy atom. The molecule has 0 heterocycles. The lowest BCUT2D eigenvalue weighted by atomic mass is 9.98. The number of carbonyl (C=O) groups is 1. The van der Waals surface area contributed by atoms with Crippen LogP contribution in [-0.2, 0) is 0 Å². The van der Waals surface area contributed by atoms with Crippen LogP contribution >= 0.6 is 11.6 Å². The smallest absolute Gasteiger partial charge is 0.336 e. The van der Waals surface area contributed by atoms with Crippen molar-refractivity contribution >= 4 is 17.6 Å². The fourth-order valence-corrected chi connectivity index (χ4v) is 1.88. The molecule has 0 unspecified atom stereocenters. The Morgan fingerprint density at radius 1 is 1.05 bits per heavy atom. The van der Waals surface area contributed by atoms with E-state index in [2.05, 4.69) is 0 Å². The summed E-state index contributed by atoms with van der Waals surface area (Å²) in [5.74, 6) is -4.84. The number of halogens is 4. The molecule has 0 bridgehead atoms. The predicted molar refractivity (Wildman–Crippen MR) is 63.7 cm³/mol. The summed E-state index contributed by atoms with van der Waals surface area (Å²) in [7, 11) is 0. The lowest BCUT2D eigenvalue weighted by Crippen LogP contribution is -2.02. The molecule has 0 aromatic heterocycles. The van der Waals surface area contributed by atoms with Gasteiger partial charge in [0.15, 0.2) is 0 Å². The van der Waals surface area contributed by atoms with E-state index in [9.17, 15) is 18.0 Å². The average Bonchev–Trinajstić information content (AvgIpc) is 2.27. The van der Waals surface area contributed by atoms with Crippen LogP contribution in [0.15, 0.2) is 30.3 Å². The minimum atomic E-state index is -1.37. The van der Waals surface area contributed by atoms with Gasteiger partial charge in [0.25, 0.3) is 0 Å². The topological polar surface area (TPSA) is 37.3 Å². The quantitative estimate of drug-likeness (QED) is 0.901. The summed E-state index contributed by atoms with van der Waals surface area (Å²) >= 11 is 5.70. The lowest BCUT2D eigenvalue weighted by Gasteiger charge is -2.09. The highest BCUT2D eigenvalue weighted by Gasteiger charge is 2.20. The van der Waals surface area contributed by atoms with Crippen LogP contribution in [0.2, 0.25) is 5.02 Å². The van der Waals surface area contributed by atoms with E-state index < -0.39 is 29.0 Å². The van der Waals surface area contributed by atoms with Crippen LogP contribution in [0.25, 0.3) is 11.1 Å². The third kappa shape index (κ3) is 2.56. The largest absolute Gasteiger partial charge is 0.478 e. The van der Waals surface area contributed by atoms with E-state index in [0.717, 1.165) is 12.1 Å². The van der Waals surface area contributed by atoms with Crippen molar-refractivity contribution in [2.24, 2.45) is 0 Å². The maximum absolute atomic E-state index is 13.7. The Labute approximate surface area is 111 Å². The van der Waals surface area contributed by atoms with Gasteiger partial charge in [-0.2, -0.15) is 0 Å². The molecule has 0 saturated carbocycles. The van der Waals surface area contributed by atoms with E-state index >= 15 is 0 Å². The second-order valence-corrected chi connectivity index (χ2v) is 4.18. The molecule has 2 nitrogen and oxygen atoms in total. The molecule has 0 fully saturated rings. The molecule has 0 aliphatic heterocycles. The standard InChI is InChI=1S/C13H6ClF3O2/c14-6-1-2-8(13(18)19)9(3-6)12-10(16)4-7(15)5-11(12)17/h1-5H,(H,18,19). The van der Waals surface area contributed by atoms with Crippen molar-refractivity contribution in [1.29, 1.82) is 0 Å². The monoisotopic (exact) mass is 286 g/mol. The first kappa shape index (κ1) is 13.4. The minimum Gasteiger partial charge on any atom is -0.478 e. The summed E-state index contributed by atoms with van der Waals surface area (Å²) in [6, 6.07) is 4.48. The van der Waals surface area contributed by atoms with Gasteiger partial charge in [-0.25, -0.2) is 18.0 Å². The molecular formula is C13H6ClF3O2. The van der Waals surface area contributed by atoms with E-state index in [1.807, 2.05) is 0 Å². The maximum Gasteiger partial charge on any atom is 0.336 e. The van der Waals surface area contributed by atoms with Gasteiger partial charge in [0, 0.05) is 22.7 Å². The van der Waals surface area contributed by atoms with Gasteiger partial charge < -0.3 is 5.11 Å². The van der Waals surface area contributed by atoms with E-state index in [1.165, 1.54) is 6.07 Å². The van der Waals surface area contributed by atoms with Gasteiger partial charge in [-0.3, -0.25) is 0 Å². The molecular weight excluding hydrogens is 281 g/mol. The van der Waals surface area contributed by atoms with Crippen molar-refractivity contribution in [3.63, 3.8) is 0 Å². The molecule has 0 aliphatic rings. The Hall–Kier alpha value is -2.01. The second kappa shape index (κ2) is 4.93. The summed E-state index contributed by atoms with van der Waals surface area (Å²) < 4.78 is 40.2. The molecule has 2 aromatic rings. The van der Waals surface area contributed by atoms with E-state index in [4.69, 9.17) is 16.7 Å². The first-order chi connectivity index (χ1) is 8.90. The number of carboxylic acids is 1. The van der Waals surface area contributed by atoms with E-state index in [1.54, 1.807) is 0 Å². The van der Waals surface area contributed by atoms with Gasteiger partial charge in [0.05, 0.1) is 11.1 Å². The lowest BCUT2D eigenvalue weighted by molar-refractivity contribution is 0.0697. The van der Waals surface area contributed by atoms with Crippen LogP contribution < -0.4 is 0 Å². The summed E-state index contributed by atoms with van der Waals surface area (Å²) in [5, 5.41) is 9.11. The van der Waals surface area contributed by atoms with Gasteiger partial charge in [-0.1, -0.05) is 11.6 Å². The number of carboxylic acid groups (broad SMARTS) is 1. The fraction of sp³-hybridized carbons (Fsp3) is 0. The molecule has 1 N–H and O–H groups in total. The molecule has 0 radical (unpaired) electrons. The third-order valence-corrected chi connectivity index (χ3v) is 2.72. The molecule has 0 saturated heterocycles. The summed E-state index contributed by atoms with van der Waals surface area (Å²) in [6.45, 7) is 0. The van der Waals surface area contributed by atoms with Crippen molar-refractivity contribution in [3.05, 3.63) is 58.4 Å². The molecule has 2 aromatic carbocycles. The minimum absolute atomic E-state index is 0.114.